The van der Waals surface area contributed by atoms with Gasteiger partial charge in [-0.15, -0.1) is 11.8 Å². The number of carboxylic acid groups (broad SMARTS) is 1. The molecule has 1 aromatic rings. The summed E-state index contributed by atoms with van der Waals surface area (Å²) in [6.45, 7) is 3.61. The normalized spacial score (nSPS) is 14.7. The van der Waals surface area contributed by atoms with Gasteiger partial charge < -0.3 is 5.11 Å². The van der Waals surface area contributed by atoms with E-state index in [0.29, 0.717) is 0 Å². The van der Waals surface area contributed by atoms with Crippen molar-refractivity contribution in [3.8, 4) is 0 Å². The van der Waals surface area contributed by atoms with Gasteiger partial charge in [-0.25, -0.2) is 4.98 Å². The average molecular weight is 211 g/mol. The molecule has 0 saturated heterocycles. The van der Waals surface area contributed by atoms with Gasteiger partial charge in [-0.05, 0) is 12.1 Å². The first kappa shape index (κ1) is 11.0. The van der Waals surface area contributed by atoms with Crippen molar-refractivity contribution in [1.82, 2.24) is 4.98 Å². The Kier molecular flexibility index (Phi) is 3.95. The number of hydrogen-bond donors (Lipinski definition) is 1. The molecular formula is C10H13NO2S. The lowest BCUT2D eigenvalue weighted by molar-refractivity contribution is -0.140. The van der Waals surface area contributed by atoms with Crippen LogP contribution in [0.2, 0.25) is 0 Å². The summed E-state index contributed by atoms with van der Waals surface area (Å²) in [4.78, 5) is 14.8. The van der Waals surface area contributed by atoms with Gasteiger partial charge in [0.2, 0.25) is 0 Å². The fourth-order valence-electron chi connectivity index (χ4n) is 0.910. The number of pyridine rings is 1. The maximum absolute atomic E-state index is 10.7. The Balaban J connectivity index is 2.57. The molecular weight excluding hydrogens is 198 g/mol. The minimum atomic E-state index is -0.763. The van der Waals surface area contributed by atoms with Gasteiger partial charge in [-0.3, -0.25) is 4.79 Å². The second-order valence-corrected chi connectivity index (χ2v) is 4.52. The van der Waals surface area contributed by atoms with Crippen LogP contribution >= 0.6 is 11.8 Å². The predicted octanol–water partition coefficient (Wildman–Crippen LogP) is 2.28. The average Bonchev–Trinajstić information content (AvgIpc) is 2.18. The monoisotopic (exact) mass is 211 g/mol. The van der Waals surface area contributed by atoms with Crippen molar-refractivity contribution < 1.29 is 9.90 Å². The Labute approximate surface area is 87.6 Å². The fourth-order valence-corrected chi connectivity index (χ4v) is 1.89. The van der Waals surface area contributed by atoms with Crippen LogP contribution in [0.3, 0.4) is 0 Å². The van der Waals surface area contributed by atoms with Crippen molar-refractivity contribution in [2.75, 3.05) is 0 Å². The standard InChI is InChI=1S/C10H13NO2S/c1-7(10(12)13)8(2)14-9-5-3-4-6-11-9/h3-8H,1-2H3,(H,12,13). The molecule has 0 bridgehead atoms. The number of aliphatic carboxylic acids is 1. The number of nitrogens with zero attached hydrogens (tertiary/aromatic N) is 1. The zero-order chi connectivity index (χ0) is 10.6. The minimum Gasteiger partial charge on any atom is -0.481 e. The Morgan fingerprint density at radius 1 is 1.50 bits per heavy atom. The maximum Gasteiger partial charge on any atom is 0.307 e. The molecule has 76 valence electrons. The van der Waals surface area contributed by atoms with Crippen LogP contribution in [0.25, 0.3) is 0 Å². The van der Waals surface area contributed by atoms with Crippen molar-refractivity contribution in [3.05, 3.63) is 24.4 Å². The van der Waals surface area contributed by atoms with Crippen LogP contribution in [-0.4, -0.2) is 21.3 Å². The fraction of sp³-hybridized carbons (Fsp3) is 0.400. The van der Waals surface area contributed by atoms with E-state index >= 15 is 0 Å². The molecule has 3 nitrogen and oxygen atoms in total. The first-order valence-electron chi connectivity index (χ1n) is 4.41. The molecule has 0 aliphatic rings. The van der Waals surface area contributed by atoms with Crippen molar-refractivity contribution in [2.24, 2.45) is 5.92 Å². The third-order valence-electron chi connectivity index (χ3n) is 2.04. The molecule has 1 rings (SSSR count). The molecule has 0 spiro atoms. The lowest BCUT2D eigenvalue weighted by Crippen LogP contribution is -2.19. The van der Waals surface area contributed by atoms with E-state index in [1.807, 2.05) is 25.1 Å². The van der Waals surface area contributed by atoms with Gasteiger partial charge in [-0.1, -0.05) is 19.9 Å². The van der Waals surface area contributed by atoms with E-state index in [0.717, 1.165) is 5.03 Å². The van der Waals surface area contributed by atoms with E-state index in [4.69, 9.17) is 5.11 Å². The number of carbonyl (C=O) groups is 1. The second-order valence-electron chi connectivity index (χ2n) is 3.12. The molecule has 14 heavy (non-hydrogen) atoms. The van der Waals surface area contributed by atoms with Crippen LogP contribution in [0.5, 0.6) is 0 Å². The molecule has 1 heterocycles. The van der Waals surface area contributed by atoms with Crippen molar-refractivity contribution in [2.45, 2.75) is 24.1 Å². The molecule has 0 radical (unpaired) electrons. The van der Waals surface area contributed by atoms with Crippen LogP contribution in [0.4, 0.5) is 0 Å². The molecule has 0 amide bonds. The lowest BCUT2D eigenvalue weighted by atomic mass is 10.1. The van der Waals surface area contributed by atoms with Gasteiger partial charge in [0.1, 0.15) is 0 Å². The van der Waals surface area contributed by atoms with Gasteiger partial charge in [0.25, 0.3) is 0 Å². The summed E-state index contributed by atoms with van der Waals surface area (Å²) >= 11 is 1.49. The van der Waals surface area contributed by atoms with Gasteiger partial charge in [0, 0.05) is 11.4 Å². The molecule has 2 atom stereocenters. The highest BCUT2D eigenvalue weighted by Crippen LogP contribution is 2.25. The topological polar surface area (TPSA) is 50.2 Å². The zero-order valence-corrected chi connectivity index (χ0v) is 8.99. The summed E-state index contributed by atoms with van der Waals surface area (Å²) in [6.07, 6.45) is 1.71. The highest BCUT2D eigenvalue weighted by Gasteiger charge is 2.20. The van der Waals surface area contributed by atoms with Crippen LogP contribution in [-0.2, 0) is 4.79 Å². The summed E-state index contributed by atoms with van der Waals surface area (Å²) in [5, 5.41) is 9.70. The van der Waals surface area contributed by atoms with Gasteiger partial charge >= 0.3 is 5.97 Å². The highest BCUT2D eigenvalue weighted by atomic mass is 32.2. The number of rotatable bonds is 4. The molecule has 1 N–H and O–H groups in total. The smallest absolute Gasteiger partial charge is 0.307 e. The zero-order valence-electron chi connectivity index (χ0n) is 8.18. The number of aromatic nitrogens is 1. The van der Waals surface area contributed by atoms with Crippen LogP contribution in [0, 0.1) is 5.92 Å². The molecule has 2 unspecified atom stereocenters. The minimum absolute atomic E-state index is 0.0300. The predicted molar refractivity (Wildman–Crippen MR) is 56.4 cm³/mol. The number of hydrogen-bond acceptors (Lipinski definition) is 3. The van der Waals surface area contributed by atoms with Crippen LogP contribution in [0.1, 0.15) is 13.8 Å². The third kappa shape index (κ3) is 3.03. The van der Waals surface area contributed by atoms with Crippen molar-refractivity contribution in [1.29, 1.82) is 0 Å². The van der Waals surface area contributed by atoms with Crippen molar-refractivity contribution in [3.63, 3.8) is 0 Å². The molecule has 0 aliphatic carbocycles. The third-order valence-corrected chi connectivity index (χ3v) is 3.30. The van der Waals surface area contributed by atoms with E-state index in [2.05, 4.69) is 4.98 Å². The second kappa shape index (κ2) is 5.00. The molecule has 1 aromatic heterocycles. The Morgan fingerprint density at radius 2 is 2.21 bits per heavy atom. The van der Waals surface area contributed by atoms with Crippen LogP contribution < -0.4 is 0 Å². The van der Waals surface area contributed by atoms with Gasteiger partial charge in [0.15, 0.2) is 0 Å². The Morgan fingerprint density at radius 3 is 2.71 bits per heavy atom. The lowest BCUT2D eigenvalue weighted by Gasteiger charge is -2.14. The van der Waals surface area contributed by atoms with E-state index in [9.17, 15) is 4.79 Å². The maximum atomic E-state index is 10.7. The molecule has 0 aromatic carbocycles. The first-order chi connectivity index (χ1) is 6.61. The molecule has 0 fully saturated rings. The summed E-state index contributed by atoms with van der Waals surface area (Å²) in [7, 11) is 0. The Bertz CT molecular complexity index is 302. The van der Waals surface area contributed by atoms with Gasteiger partial charge in [-0.2, -0.15) is 0 Å². The van der Waals surface area contributed by atoms with E-state index in [1.165, 1.54) is 11.8 Å². The quantitative estimate of drug-likeness (QED) is 0.776. The van der Waals surface area contributed by atoms with Crippen LogP contribution in [0.15, 0.2) is 29.4 Å². The Hall–Kier alpha value is -1.03. The summed E-state index contributed by atoms with van der Waals surface area (Å²) in [6, 6.07) is 5.62. The highest BCUT2D eigenvalue weighted by molar-refractivity contribution is 7.99. The molecule has 0 saturated carbocycles. The van der Waals surface area contributed by atoms with E-state index < -0.39 is 5.97 Å². The SMILES string of the molecule is CC(Sc1ccccn1)C(C)C(=O)O. The molecule has 4 heteroatoms. The number of thioether (sulfide) groups is 1. The van der Waals surface area contributed by atoms with Crippen molar-refractivity contribution >= 4 is 17.7 Å². The number of carboxylic acids is 1. The summed E-state index contributed by atoms with van der Waals surface area (Å²) < 4.78 is 0. The van der Waals surface area contributed by atoms with Gasteiger partial charge in [0.05, 0.1) is 10.9 Å². The molecule has 0 aliphatic heterocycles. The van der Waals surface area contributed by atoms with E-state index in [-0.39, 0.29) is 11.2 Å². The van der Waals surface area contributed by atoms with E-state index in [1.54, 1.807) is 13.1 Å². The summed E-state index contributed by atoms with van der Waals surface area (Å²) in [5.41, 5.74) is 0. The first-order valence-corrected chi connectivity index (χ1v) is 5.29. The largest absolute Gasteiger partial charge is 0.481 e. The summed E-state index contributed by atoms with van der Waals surface area (Å²) in [5.74, 6) is -1.12.